The highest BCUT2D eigenvalue weighted by molar-refractivity contribution is 5.79. The van der Waals surface area contributed by atoms with Crippen LogP contribution in [0.25, 0.3) is 0 Å². The number of carbonyl (C=O) groups excluding carboxylic acids is 1. The monoisotopic (exact) mass is 302 g/mol. The number of benzene rings is 1. The summed E-state index contributed by atoms with van der Waals surface area (Å²) in [5.41, 5.74) is 0.908. The molecule has 0 heterocycles. The van der Waals surface area contributed by atoms with Gasteiger partial charge in [-0.2, -0.15) is 5.26 Å². The molecule has 1 aromatic carbocycles. The number of rotatable bonds is 6. The molecule has 0 bridgehead atoms. The van der Waals surface area contributed by atoms with Gasteiger partial charge in [-0.05, 0) is 43.4 Å². The highest BCUT2D eigenvalue weighted by Gasteiger charge is 2.31. The van der Waals surface area contributed by atoms with Crippen molar-refractivity contribution in [3.8, 4) is 11.8 Å². The molecule has 2 N–H and O–H groups in total. The molecule has 0 aliphatic heterocycles. The number of nitriles is 1. The molecule has 3 atom stereocenters. The fraction of sp³-hybridized carbons (Fsp3) is 0.529. The van der Waals surface area contributed by atoms with Crippen LogP contribution in [0.5, 0.6) is 5.75 Å². The molecule has 1 aromatic rings. The quantitative estimate of drug-likeness (QED) is 0.843. The summed E-state index contributed by atoms with van der Waals surface area (Å²) in [5.74, 6) is 0.239. The van der Waals surface area contributed by atoms with Crippen molar-refractivity contribution in [2.45, 2.75) is 51.4 Å². The number of amides is 1. The van der Waals surface area contributed by atoms with E-state index in [1.807, 2.05) is 25.1 Å². The third kappa shape index (κ3) is 4.22. The van der Waals surface area contributed by atoms with Gasteiger partial charge in [0.25, 0.3) is 0 Å². The predicted octanol–water partition coefficient (Wildman–Crippen LogP) is 2.14. The molecule has 0 spiro atoms. The smallest absolute Gasteiger partial charge is 0.225 e. The molecule has 1 aliphatic carbocycles. The van der Waals surface area contributed by atoms with Crippen LogP contribution >= 0.6 is 0 Å². The number of hydrogen-bond acceptors (Lipinski definition) is 4. The lowest BCUT2D eigenvalue weighted by atomic mass is 10.1. The Kier molecular flexibility index (Phi) is 5.79. The van der Waals surface area contributed by atoms with Crippen molar-refractivity contribution in [2.75, 3.05) is 0 Å². The minimum atomic E-state index is -0.518. The Labute approximate surface area is 130 Å². The molecule has 2 rings (SSSR count). The van der Waals surface area contributed by atoms with Crippen LogP contribution < -0.4 is 10.1 Å². The van der Waals surface area contributed by atoms with Gasteiger partial charge in [-0.3, -0.25) is 4.79 Å². The molecule has 0 saturated heterocycles. The van der Waals surface area contributed by atoms with E-state index in [2.05, 4.69) is 11.4 Å². The maximum absolute atomic E-state index is 12.0. The number of aliphatic hydroxyl groups excluding tert-OH is 1. The zero-order valence-corrected chi connectivity index (χ0v) is 12.8. The highest BCUT2D eigenvalue weighted by atomic mass is 16.5. The summed E-state index contributed by atoms with van der Waals surface area (Å²) < 4.78 is 5.56. The molecule has 1 saturated carbocycles. The number of nitrogens with one attached hydrogen (secondary N) is 1. The summed E-state index contributed by atoms with van der Waals surface area (Å²) in [6.45, 7) is 2.29. The van der Waals surface area contributed by atoms with Gasteiger partial charge in [-0.25, -0.2) is 0 Å². The molecule has 22 heavy (non-hydrogen) atoms. The minimum Gasteiger partial charge on any atom is -0.476 e. The largest absolute Gasteiger partial charge is 0.476 e. The number of aliphatic hydroxyl groups is 1. The number of ether oxygens (including phenoxy) is 1. The Morgan fingerprint density at radius 1 is 1.55 bits per heavy atom. The zero-order valence-electron chi connectivity index (χ0n) is 12.8. The standard InChI is InChI=1S/C17H22N2O3/c1-2-13(10-18)22-14-6-3-5-12(9-14)11-19-17(21)15-7-4-8-16(15)20/h3,5-6,9,13,15-16,20H,2,4,7-8,11H2,1H3,(H,19,21). The van der Waals surface area contributed by atoms with Gasteiger partial charge < -0.3 is 15.2 Å². The predicted molar refractivity (Wildman–Crippen MR) is 82.0 cm³/mol. The second-order valence-electron chi connectivity index (χ2n) is 5.61. The molecular formula is C17H22N2O3. The van der Waals surface area contributed by atoms with Crippen molar-refractivity contribution < 1.29 is 14.6 Å². The van der Waals surface area contributed by atoms with Crippen LogP contribution in [-0.4, -0.2) is 23.2 Å². The van der Waals surface area contributed by atoms with Gasteiger partial charge in [0.1, 0.15) is 11.8 Å². The minimum absolute atomic E-state index is 0.0974. The van der Waals surface area contributed by atoms with E-state index in [0.29, 0.717) is 25.1 Å². The first-order valence-corrected chi connectivity index (χ1v) is 7.75. The van der Waals surface area contributed by atoms with Crippen molar-refractivity contribution in [1.82, 2.24) is 5.32 Å². The van der Waals surface area contributed by atoms with Crippen molar-refractivity contribution in [1.29, 1.82) is 5.26 Å². The average molecular weight is 302 g/mol. The summed E-state index contributed by atoms with van der Waals surface area (Å²) in [7, 11) is 0. The van der Waals surface area contributed by atoms with E-state index in [-0.39, 0.29) is 11.8 Å². The van der Waals surface area contributed by atoms with E-state index in [4.69, 9.17) is 10.00 Å². The SMILES string of the molecule is CCC(C#N)Oc1cccc(CNC(=O)C2CCCC2O)c1. The van der Waals surface area contributed by atoms with Crippen LogP contribution in [0.3, 0.4) is 0 Å². The first-order valence-electron chi connectivity index (χ1n) is 7.75. The summed E-state index contributed by atoms with van der Waals surface area (Å²) in [6, 6.07) is 9.45. The second-order valence-corrected chi connectivity index (χ2v) is 5.61. The number of hydrogen-bond donors (Lipinski definition) is 2. The van der Waals surface area contributed by atoms with Crippen LogP contribution in [0, 0.1) is 17.2 Å². The zero-order chi connectivity index (χ0) is 15.9. The molecule has 0 radical (unpaired) electrons. The fourth-order valence-electron chi connectivity index (χ4n) is 2.66. The Balaban J connectivity index is 1.90. The van der Waals surface area contributed by atoms with E-state index in [1.165, 1.54) is 0 Å². The van der Waals surface area contributed by atoms with Gasteiger partial charge in [0.05, 0.1) is 12.0 Å². The van der Waals surface area contributed by atoms with E-state index < -0.39 is 12.2 Å². The fourth-order valence-corrected chi connectivity index (χ4v) is 2.66. The topological polar surface area (TPSA) is 82.3 Å². The van der Waals surface area contributed by atoms with Crippen molar-refractivity contribution in [2.24, 2.45) is 5.92 Å². The molecule has 0 aromatic heterocycles. The Morgan fingerprint density at radius 2 is 2.36 bits per heavy atom. The molecule has 1 amide bonds. The molecule has 1 aliphatic rings. The lowest BCUT2D eigenvalue weighted by molar-refractivity contribution is -0.127. The number of nitrogens with zero attached hydrogens (tertiary/aromatic N) is 1. The lowest BCUT2D eigenvalue weighted by Gasteiger charge is -2.15. The summed E-state index contributed by atoms with van der Waals surface area (Å²) in [6.07, 6.45) is 1.99. The van der Waals surface area contributed by atoms with Crippen LogP contribution in [0.2, 0.25) is 0 Å². The van der Waals surface area contributed by atoms with E-state index >= 15 is 0 Å². The Morgan fingerprint density at radius 3 is 3.00 bits per heavy atom. The van der Waals surface area contributed by atoms with Gasteiger partial charge in [0.2, 0.25) is 5.91 Å². The van der Waals surface area contributed by atoms with Gasteiger partial charge in [0, 0.05) is 6.54 Å². The van der Waals surface area contributed by atoms with Crippen LogP contribution in [0.4, 0.5) is 0 Å². The van der Waals surface area contributed by atoms with E-state index in [9.17, 15) is 9.90 Å². The van der Waals surface area contributed by atoms with E-state index in [1.54, 1.807) is 6.07 Å². The van der Waals surface area contributed by atoms with Crippen LogP contribution in [0.15, 0.2) is 24.3 Å². The van der Waals surface area contributed by atoms with Gasteiger partial charge >= 0.3 is 0 Å². The highest BCUT2D eigenvalue weighted by Crippen LogP contribution is 2.25. The van der Waals surface area contributed by atoms with Gasteiger partial charge in [0.15, 0.2) is 6.10 Å². The Hall–Kier alpha value is -2.06. The maximum atomic E-state index is 12.0. The van der Waals surface area contributed by atoms with Gasteiger partial charge in [-0.1, -0.05) is 19.1 Å². The van der Waals surface area contributed by atoms with Gasteiger partial charge in [-0.15, -0.1) is 0 Å². The average Bonchev–Trinajstić information content (AvgIpc) is 2.97. The molecule has 3 unspecified atom stereocenters. The molecule has 5 heteroatoms. The summed E-state index contributed by atoms with van der Waals surface area (Å²) >= 11 is 0. The molecule has 5 nitrogen and oxygen atoms in total. The maximum Gasteiger partial charge on any atom is 0.225 e. The van der Waals surface area contributed by atoms with E-state index in [0.717, 1.165) is 18.4 Å². The Bertz CT molecular complexity index is 553. The molecule has 118 valence electrons. The van der Waals surface area contributed by atoms with Crippen molar-refractivity contribution in [3.63, 3.8) is 0 Å². The third-order valence-corrected chi connectivity index (χ3v) is 3.97. The molecule has 1 fully saturated rings. The molecular weight excluding hydrogens is 280 g/mol. The normalized spacial score (nSPS) is 21.9. The van der Waals surface area contributed by atoms with Crippen LogP contribution in [-0.2, 0) is 11.3 Å². The second kappa shape index (κ2) is 7.81. The van der Waals surface area contributed by atoms with Crippen molar-refractivity contribution >= 4 is 5.91 Å². The summed E-state index contributed by atoms with van der Waals surface area (Å²) in [4.78, 5) is 12.0. The first-order chi connectivity index (χ1) is 10.6. The van der Waals surface area contributed by atoms with Crippen molar-refractivity contribution in [3.05, 3.63) is 29.8 Å². The lowest BCUT2D eigenvalue weighted by Crippen LogP contribution is -2.34. The first kappa shape index (κ1) is 16.3. The third-order valence-electron chi connectivity index (χ3n) is 3.97. The summed E-state index contributed by atoms with van der Waals surface area (Å²) in [5, 5.41) is 21.5. The number of carbonyl (C=O) groups is 1. The van der Waals surface area contributed by atoms with Crippen LogP contribution in [0.1, 0.15) is 38.2 Å².